The molecule has 0 saturated heterocycles. The zero-order valence-electron chi connectivity index (χ0n) is 12.0. The first-order valence-electron chi connectivity index (χ1n) is 7.06. The van der Waals surface area contributed by atoms with Gasteiger partial charge in [-0.15, -0.1) is 0 Å². The summed E-state index contributed by atoms with van der Waals surface area (Å²) in [4.78, 5) is 19.1. The van der Waals surface area contributed by atoms with Crippen LogP contribution in [-0.4, -0.2) is 15.9 Å². The van der Waals surface area contributed by atoms with Crippen LogP contribution in [0.5, 0.6) is 0 Å². The van der Waals surface area contributed by atoms with Crippen molar-refractivity contribution in [1.29, 1.82) is 0 Å². The lowest BCUT2D eigenvalue weighted by atomic mass is 10.1. The normalized spacial score (nSPS) is 10.5. The lowest BCUT2D eigenvalue weighted by Crippen LogP contribution is -2.12. The monoisotopic (exact) mass is 290 g/mol. The Balaban J connectivity index is 1.86. The molecule has 22 heavy (non-hydrogen) atoms. The van der Waals surface area contributed by atoms with Gasteiger partial charge in [0.2, 0.25) is 0 Å². The minimum absolute atomic E-state index is 0.338. The van der Waals surface area contributed by atoms with Crippen molar-refractivity contribution in [1.82, 2.24) is 9.97 Å². The molecule has 0 aliphatic rings. The van der Waals surface area contributed by atoms with Crippen molar-refractivity contribution in [3.63, 3.8) is 0 Å². The Morgan fingerprint density at radius 2 is 1.68 bits per heavy atom. The van der Waals surface area contributed by atoms with E-state index in [1.54, 1.807) is 0 Å². The van der Waals surface area contributed by atoms with E-state index in [2.05, 4.69) is 9.97 Å². The maximum atomic E-state index is 11.6. The zero-order valence-corrected chi connectivity index (χ0v) is 12.0. The molecule has 1 radical (unpaired) electrons. The number of carbonyl (C=O) groups is 1. The van der Waals surface area contributed by atoms with E-state index in [-0.39, 0.29) is 0 Å². The molecule has 0 spiro atoms. The van der Waals surface area contributed by atoms with Crippen LogP contribution in [0.2, 0.25) is 0 Å². The van der Waals surface area contributed by atoms with Gasteiger partial charge >= 0.3 is 0 Å². The van der Waals surface area contributed by atoms with Crippen LogP contribution in [0.4, 0.5) is 0 Å². The van der Waals surface area contributed by atoms with Crippen LogP contribution in [0.3, 0.4) is 0 Å². The van der Waals surface area contributed by atoms with Crippen LogP contribution in [-0.2, 0) is 6.42 Å². The molecule has 4 nitrogen and oxygen atoms in total. The van der Waals surface area contributed by atoms with E-state index in [9.17, 15) is 4.79 Å². The van der Waals surface area contributed by atoms with Crippen molar-refractivity contribution in [2.75, 3.05) is 0 Å². The van der Waals surface area contributed by atoms with Gasteiger partial charge in [-0.05, 0) is 12.0 Å². The highest BCUT2D eigenvalue weighted by atomic mass is 16.1. The third-order valence-corrected chi connectivity index (χ3v) is 3.39. The summed E-state index contributed by atoms with van der Waals surface area (Å²) in [5.74, 6) is 0.141. The standard InChI is InChI=1S/C18H16N3O/c19-18(22)17-16(14-9-5-2-6-10-14)20-15(21-17)12-11-13-7-3-1-4-8-13/h1-10,12H,11H2,(H2,19,22)(H,20,21). The Kier molecular flexibility index (Phi) is 4.01. The van der Waals surface area contributed by atoms with Crippen molar-refractivity contribution in [3.05, 3.63) is 84.2 Å². The Morgan fingerprint density at radius 1 is 1.05 bits per heavy atom. The van der Waals surface area contributed by atoms with E-state index in [1.807, 2.05) is 67.1 Å². The molecule has 109 valence electrons. The third kappa shape index (κ3) is 3.06. The summed E-state index contributed by atoms with van der Waals surface area (Å²) in [5, 5.41) is 0. The summed E-state index contributed by atoms with van der Waals surface area (Å²) in [6.45, 7) is 0. The van der Waals surface area contributed by atoms with Gasteiger partial charge < -0.3 is 10.7 Å². The summed E-state index contributed by atoms with van der Waals surface area (Å²) < 4.78 is 0. The molecule has 4 heteroatoms. The fourth-order valence-electron chi connectivity index (χ4n) is 2.30. The van der Waals surface area contributed by atoms with Crippen LogP contribution in [0.15, 0.2) is 60.7 Å². The molecule has 1 aromatic heterocycles. The van der Waals surface area contributed by atoms with Gasteiger partial charge in [0.05, 0.1) is 0 Å². The molecule has 1 heterocycles. The second kappa shape index (κ2) is 6.26. The number of rotatable bonds is 5. The van der Waals surface area contributed by atoms with Crippen molar-refractivity contribution in [2.45, 2.75) is 6.42 Å². The van der Waals surface area contributed by atoms with Crippen LogP contribution < -0.4 is 5.73 Å². The number of imidazole rings is 1. The molecular formula is C18H16N3O. The van der Waals surface area contributed by atoms with Gasteiger partial charge in [0.25, 0.3) is 5.91 Å². The topological polar surface area (TPSA) is 71.8 Å². The molecule has 3 aromatic rings. The molecule has 0 aliphatic carbocycles. The predicted molar refractivity (Wildman–Crippen MR) is 86.1 cm³/mol. The first kappa shape index (κ1) is 14.1. The van der Waals surface area contributed by atoms with Gasteiger partial charge in [0.1, 0.15) is 17.2 Å². The molecule has 3 N–H and O–H groups in total. The van der Waals surface area contributed by atoms with Crippen molar-refractivity contribution >= 4 is 5.91 Å². The van der Waals surface area contributed by atoms with E-state index in [0.29, 0.717) is 17.2 Å². The highest BCUT2D eigenvalue weighted by Crippen LogP contribution is 2.22. The van der Waals surface area contributed by atoms with Gasteiger partial charge in [-0.2, -0.15) is 0 Å². The number of H-pyrrole nitrogens is 1. The smallest absolute Gasteiger partial charge is 0.267 e. The van der Waals surface area contributed by atoms with E-state index in [0.717, 1.165) is 12.0 Å². The number of aromatic nitrogens is 2. The number of nitrogens with two attached hydrogens (primary N) is 1. The van der Waals surface area contributed by atoms with Gasteiger partial charge in [-0.1, -0.05) is 60.7 Å². The molecule has 1 amide bonds. The number of carbonyl (C=O) groups excluding carboxylic acids is 1. The Labute approximate surface area is 129 Å². The molecule has 0 atom stereocenters. The van der Waals surface area contributed by atoms with Crippen LogP contribution in [0, 0.1) is 6.42 Å². The second-order valence-electron chi connectivity index (χ2n) is 4.97. The van der Waals surface area contributed by atoms with Crippen LogP contribution in [0.1, 0.15) is 21.9 Å². The lowest BCUT2D eigenvalue weighted by Gasteiger charge is -1.98. The molecule has 3 rings (SSSR count). The first-order valence-corrected chi connectivity index (χ1v) is 7.06. The first-order chi connectivity index (χ1) is 10.7. The lowest BCUT2D eigenvalue weighted by molar-refractivity contribution is 0.0996. The average molecular weight is 290 g/mol. The highest BCUT2D eigenvalue weighted by Gasteiger charge is 2.16. The number of nitrogens with zero attached hydrogens (tertiary/aromatic N) is 1. The molecule has 0 saturated carbocycles. The molecular weight excluding hydrogens is 274 g/mol. The molecule has 0 aliphatic heterocycles. The largest absolute Gasteiger partial charge is 0.364 e. The molecule has 0 bridgehead atoms. The second-order valence-corrected chi connectivity index (χ2v) is 4.97. The Morgan fingerprint density at radius 3 is 2.32 bits per heavy atom. The van der Waals surface area contributed by atoms with Gasteiger partial charge in [0.15, 0.2) is 0 Å². The van der Waals surface area contributed by atoms with Crippen LogP contribution >= 0.6 is 0 Å². The number of amides is 1. The number of benzene rings is 2. The average Bonchev–Trinajstić information content (AvgIpc) is 2.99. The highest BCUT2D eigenvalue weighted by molar-refractivity contribution is 5.97. The molecule has 0 unspecified atom stereocenters. The third-order valence-electron chi connectivity index (χ3n) is 3.39. The van der Waals surface area contributed by atoms with Gasteiger partial charge in [0, 0.05) is 12.0 Å². The summed E-state index contributed by atoms with van der Waals surface area (Å²) in [5.41, 5.74) is 8.43. The van der Waals surface area contributed by atoms with Crippen LogP contribution in [0.25, 0.3) is 11.3 Å². The fourth-order valence-corrected chi connectivity index (χ4v) is 2.30. The Hall–Kier alpha value is -2.88. The number of nitrogens with one attached hydrogen (secondary N) is 1. The van der Waals surface area contributed by atoms with Crippen molar-refractivity contribution in [3.8, 4) is 11.3 Å². The maximum absolute atomic E-state index is 11.6. The summed E-state index contributed by atoms with van der Waals surface area (Å²) >= 11 is 0. The molecule has 0 fully saturated rings. The predicted octanol–water partition coefficient (Wildman–Crippen LogP) is 2.97. The number of aromatic amines is 1. The SMILES string of the molecule is NC(=O)c1[nH]c([CH]Cc2ccccc2)nc1-c1ccccc1. The van der Waals surface area contributed by atoms with E-state index < -0.39 is 5.91 Å². The number of primary amides is 1. The number of hydrogen-bond donors (Lipinski definition) is 2. The summed E-state index contributed by atoms with van der Waals surface area (Å²) in [6.07, 6.45) is 2.69. The summed E-state index contributed by atoms with van der Waals surface area (Å²) in [6, 6.07) is 19.6. The van der Waals surface area contributed by atoms with Crippen molar-refractivity contribution < 1.29 is 4.79 Å². The quantitative estimate of drug-likeness (QED) is 0.758. The minimum Gasteiger partial charge on any atom is -0.364 e. The summed E-state index contributed by atoms with van der Waals surface area (Å²) in [7, 11) is 0. The maximum Gasteiger partial charge on any atom is 0.267 e. The minimum atomic E-state index is -0.509. The number of hydrogen-bond acceptors (Lipinski definition) is 2. The van der Waals surface area contributed by atoms with E-state index in [4.69, 9.17) is 5.73 Å². The zero-order chi connectivity index (χ0) is 15.4. The fraction of sp³-hybridized carbons (Fsp3) is 0.0556. The van der Waals surface area contributed by atoms with Gasteiger partial charge in [-0.25, -0.2) is 4.98 Å². The van der Waals surface area contributed by atoms with Crippen molar-refractivity contribution in [2.24, 2.45) is 5.73 Å². The Bertz CT molecular complexity index is 764. The molecule has 2 aromatic carbocycles. The van der Waals surface area contributed by atoms with E-state index >= 15 is 0 Å². The van der Waals surface area contributed by atoms with Gasteiger partial charge in [-0.3, -0.25) is 4.79 Å². The van der Waals surface area contributed by atoms with E-state index in [1.165, 1.54) is 5.56 Å².